The molecule has 4 N–H and O–H groups in total. The molecule has 0 saturated carbocycles. The van der Waals surface area contributed by atoms with Crippen LogP contribution in [0, 0.1) is 0 Å². The van der Waals surface area contributed by atoms with Crippen LogP contribution in [0.4, 0.5) is 17.1 Å². The summed E-state index contributed by atoms with van der Waals surface area (Å²) >= 11 is 0. The molecule has 0 saturated heterocycles. The summed E-state index contributed by atoms with van der Waals surface area (Å²) in [5.41, 5.74) is 9.49. The highest BCUT2D eigenvalue weighted by molar-refractivity contribution is 6.05. The van der Waals surface area contributed by atoms with Gasteiger partial charge < -0.3 is 20.9 Å². The number of hydrogen-bond acceptors (Lipinski definition) is 4. The summed E-state index contributed by atoms with van der Waals surface area (Å²) in [6, 6.07) is 22.2. The minimum atomic E-state index is -0.427. The predicted molar refractivity (Wildman–Crippen MR) is 155 cm³/mol. The predicted octanol–water partition coefficient (Wildman–Crippen LogP) is 6.16. The number of para-hydroxylation sites is 3. The number of carbonyl (C=O) groups excluding carboxylic acids is 2. The van der Waals surface area contributed by atoms with Crippen LogP contribution in [0.2, 0.25) is 0 Å². The number of amides is 2. The van der Waals surface area contributed by atoms with E-state index in [-0.39, 0.29) is 16.9 Å². The number of aryl methyl sites for hydroxylation is 1. The van der Waals surface area contributed by atoms with Crippen molar-refractivity contribution >= 4 is 39.8 Å². The number of nitrogens with two attached hydrogens (primary N) is 1. The molecule has 7 heteroatoms. The maximum atomic E-state index is 13.2. The van der Waals surface area contributed by atoms with Gasteiger partial charge in [0.15, 0.2) is 0 Å². The van der Waals surface area contributed by atoms with Crippen LogP contribution in [0.25, 0.3) is 10.9 Å². The summed E-state index contributed by atoms with van der Waals surface area (Å²) in [6.45, 7) is 4.85. The van der Waals surface area contributed by atoms with Gasteiger partial charge in [-0.1, -0.05) is 56.7 Å². The van der Waals surface area contributed by atoms with Gasteiger partial charge in [-0.3, -0.25) is 14.4 Å². The number of aromatic nitrogens is 1. The molecule has 0 fully saturated rings. The van der Waals surface area contributed by atoms with Gasteiger partial charge in [0.2, 0.25) is 11.3 Å². The van der Waals surface area contributed by atoms with E-state index in [0.717, 1.165) is 24.8 Å². The molecule has 0 aliphatic rings. The van der Waals surface area contributed by atoms with Crippen molar-refractivity contribution in [2.75, 3.05) is 16.4 Å². The second-order valence-electron chi connectivity index (χ2n) is 9.76. The molecule has 0 atom stereocenters. The normalized spacial score (nSPS) is 11.0. The van der Waals surface area contributed by atoms with Crippen LogP contribution < -0.4 is 21.8 Å². The van der Waals surface area contributed by atoms with Crippen LogP contribution >= 0.6 is 0 Å². The van der Waals surface area contributed by atoms with Crippen LogP contribution in [-0.2, 0) is 11.3 Å². The average Bonchev–Trinajstić information content (AvgIpc) is 2.91. The van der Waals surface area contributed by atoms with Gasteiger partial charge in [-0.2, -0.15) is 0 Å². The number of benzene rings is 3. The van der Waals surface area contributed by atoms with E-state index in [1.54, 1.807) is 30.5 Å². The molecule has 196 valence electrons. The average molecular weight is 511 g/mol. The van der Waals surface area contributed by atoms with Gasteiger partial charge in [-0.15, -0.1) is 0 Å². The smallest absolute Gasteiger partial charge is 0.261 e. The monoisotopic (exact) mass is 510 g/mol. The Morgan fingerprint density at radius 1 is 0.868 bits per heavy atom. The van der Waals surface area contributed by atoms with E-state index < -0.39 is 5.91 Å². The van der Waals surface area contributed by atoms with Gasteiger partial charge in [0.25, 0.3) is 5.91 Å². The van der Waals surface area contributed by atoms with Crippen molar-refractivity contribution < 1.29 is 9.59 Å². The number of pyridine rings is 1. The number of nitrogens with one attached hydrogen (secondary N) is 2. The van der Waals surface area contributed by atoms with Gasteiger partial charge in [0, 0.05) is 30.2 Å². The van der Waals surface area contributed by atoms with Crippen molar-refractivity contribution in [3.05, 3.63) is 100 Å². The van der Waals surface area contributed by atoms with Crippen LogP contribution in [-0.4, -0.2) is 16.4 Å². The molecule has 1 aromatic heterocycles. The third kappa shape index (κ3) is 6.48. The minimum Gasteiger partial charge on any atom is -0.397 e. The first kappa shape index (κ1) is 26.7. The third-order valence-electron chi connectivity index (χ3n) is 6.61. The molecule has 4 aromatic rings. The van der Waals surface area contributed by atoms with Crippen molar-refractivity contribution in [3.8, 4) is 0 Å². The quantitative estimate of drug-likeness (QED) is 0.175. The molecule has 0 unspecified atom stereocenters. The van der Waals surface area contributed by atoms with Crippen LogP contribution in [0.3, 0.4) is 0 Å². The Morgan fingerprint density at radius 2 is 1.58 bits per heavy atom. The van der Waals surface area contributed by atoms with E-state index in [1.165, 1.54) is 5.56 Å². The zero-order valence-electron chi connectivity index (χ0n) is 21.9. The number of unbranched alkanes of at least 4 members (excludes halogenated alkanes) is 2. The molecule has 0 radical (unpaired) electrons. The molecule has 0 bridgehead atoms. The first-order valence-corrected chi connectivity index (χ1v) is 13.0. The molecule has 4 rings (SSSR count). The number of hydrogen-bond donors (Lipinski definition) is 3. The molecule has 0 aliphatic carbocycles. The minimum absolute atomic E-state index is 0.0721. The Balaban J connectivity index is 1.40. The molecular weight excluding hydrogens is 476 g/mol. The number of nitrogens with zero attached hydrogens (tertiary/aromatic N) is 1. The van der Waals surface area contributed by atoms with Crippen molar-refractivity contribution in [3.63, 3.8) is 0 Å². The lowest BCUT2D eigenvalue weighted by atomic mass is 10.0. The Labute approximate surface area is 222 Å². The highest BCUT2D eigenvalue weighted by Gasteiger charge is 2.16. The van der Waals surface area contributed by atoms with Gasteiger partial charge in [-0.05, 0) is 60.7 Å². The lowest BCUT2D eigenvalue weighted by molar-refractivity contribution is -0.116. The van der Waals surface area contributed by atoms with Crippen LogP contribution in [0.1, 0.15) is 61.4 Å². The van der Waals surface area contributed by atoms with Crippen molar-refractivity contribution in [1.82, 2.24) is 4.57 Å². The lowest BCUT2D eigenvalue weighted by Crippen LogP contribution is -2.24. The first-order valence-electron chi connectivity index (χ1n) is 13.0. The van der Waals surface area contributed by atoms with Crippen molar-refractivity contribution in [2.45, 2.75) is 52.0 Å². The molecule has 0 spiro atoms. The summed E-state index contributed by atoms with van der Waals surface area (Å²) in [5.74, 6) is -0.106. The number of fused-ring (bicyclic) bond motifs is 1. The Hall–Kier alpha value is -4.39. The molecule has 2 amide bonds. The Bertz CT molecular complexity index is 1490. The van der Waals surface area contributed by atoms with Crippen molar-refractivity contribution in [1.29, 1.82) is 0 Å². The SMILES string of the molecule is CC(C)c1ccc(NC(=O)c2cn(CCCCCC(=O)Nc3ccccc3N)c3ccccc3c2=O)cc1. The second-order valence-corrected chi connectivity index (χ2v) is 9.76. The maximum absolute atomic E-state index is 13.2. The number of nitrogen functional groups attached to an aromatic ring is 1. The van der Waals surface area contributed by atoms with Crippen molar-refractivity contribution in [2.24, 2.45) is 0 Å². The number of carbonyl (C=O) groups is 2. The van der Waals surface area contributed by atoms with Gasteiger partial charge in [0.1, 0.15) is 5.56 Å². The molecule has 38 heavy (non-hydrogen) atoms. The fraction of sp³-hybridized carbons (Fsp3) is 0.258. The largest absolute Gasteiger partial charge is 0.397 e. The first-order chi connectivity index (χ1) is 18.3. The topological polar surface area (TPSA) is 106 Å². The molecular formula is C31H34N4O3. The molecule has 3 aromatic carbocycles. The fourth-order valence-corrected chi connectivity index (χ4v) is 4.41. The maximum Gasteiger partial charge on any atom is 0.261 e. The van der Waals surface area contributed by atoms with Gasteiger partial charge in [-0.25, -0.2) is 0 Å². The zero-order valence-corrected chi connectivity index (χ0v) is 21.9. The van der Waals surface area contributed by atoms with E-state index in [2.05, 4.69) is 24.5 Å². The molecule has 0 aliphatic heterocycles. The second kappa shape index (κ2) is 12.2. The summed E-state index contributed by atoms with van der Waals surface area (Å²) in [7, 11) is 0. The van der Waals surface area contributed by atoms with Crippen LogP contribution in [0.15, 0.2) is 83.8 Å². The summed E-state index contributed by atoms with van der Waals surface area (Å²) in [4.78, 5) is 38.5. The number of anilines is 3. The summed E-state index contributed by atoms with van der Waals surface area (Å²) in [6.07, 6.45) is 4.37. The highest BCUT2D eigenvalue weighted by Crippen LogP contribution is 2.19. The summed E-state index contributed by atoms with van der Waals surface area (Å²) in [5, 5.41) is 6.22. The molecule has 7 nitrogen and oxygen atoms in total. The Kier molecular flexibility index (Phi) is 8.58. The molecule has 1 heterocycles. The third-order valence-corrected chi connectivity index (χ3v) is 6.61. The van der Waals surface area contributed by atoms with Crippen LogP contribution in [0.5, 0.6) is 0 Å². The highest BCUT2D eigenvalue weighted by atomic mass is 16.2. The van der Waals surface area contributed by atoms with E-state index in [9.17, 15) is 14.4 Å². The zero-order chi connectivity index (χ0) is 27.1. The summed E-state index contributed by atoms with van der Waals surface area (Å²) < 4.78 is 1.96. The Morgan fingerprint density at radius 3 is 2.32 bits per heavy atom. The van der Waals surface area contributed by atoms with E-state index in [1.807, 2.05) is 53.1 Å². The lowest BCUT2D eigenvalue weighted by Gasteiger charge is -2.14. The van der Waals surface area contributed by atoms with Gasteiger partial charge >= 0.3 is 0 Å². The van der Waals surface area contributed by atoms with E-state index >= 15 is 0 Å². The van der Waals surface area contributed by atoms with E-state index in [0.29, 0.717) is 41.3 Å². The van der Waals surface area contributed by atoms with E-state index in [4.69, 9.17) is 5.73 Å². The standard InChI is InChI=1S/C31H34N4O3/c1-21(2)22-15-17-23(18-16-22)33-31(38)25-20-35(28-13-8-5-10-24(28)30(25)37)19-9-3-4-14-29(36)34-27-12-7-6-11-26(27)32/h5-8,10-13,15-18,20-21H,3-4,9,14,19,32H2,1-2H3,(H,33,38)(H,34,36). The fourth-order valence-electron chi connectivity index (χ4n) is 4.41. The number of rotatable bonds is 10. The van der Waals surface area contributed by atoms with Gasteiger partial charge in [0.05, 0.1) is 16.9 Å².